The molecule has 0 saturated carbocycles. The predicted molar refractivity (Wildman–Crippen MR) is 81.8 cm³/mol. The van der Waals surface area contributed by atoms with Gasteiger partial charge in [-0.2, -0.15) is 0 Å². The summed E-state index contributed by atoms with van der Waals surface area (Å²) in [6, 6.07) is 11.6. The fourth-order valence-corrected chi connectivity index (χ4v) is 3.34. The van der Waals surface area contributed by atoms with Crippen molar-refractivity contribution in [2.75, 3.05) is 17.2 Å². The predicted octanol–water partition coefficient (Wildman–Crippen LogP) is 2.63. The topological polar surface area (TPSA) is 71.8 Å². The molecule has 0 amide bonds. The van der Waals surface area contributed by atoms with Gasteiger partial charge in [0, 0.05) is 16.7 Å². The molecule has 6 heteroatoms. The summed E-state index contributed by atoms with van der Waals surface area (Å²) < 4.78 is 0. The van der Waals surface area contributed by atoms with E-state index in [4.69, 9.17) is 5.73 Å². The van der Waals surface area contributed by atoms with Crippen LogP contribution in [0, 0.1) is 0 Å². The number of nitrogens with two attached hydrogens (primary N) is 1. The van der Waals surface area contributed by atoms with Gasteiger partial charge in [0.05, 0.1) is 0 Å². The van der Waals surface area contributed by atoms with Crippen molar-refractivity contribution in [3.8, 4) is 0 Å². The van der Waals surface area contributed by atoms with Gasteiger partial charge in [0.15, 0.2) is 5.16 Å². The molecule has 0 bridgehead atoms. The minimum absolute atomic E-state index is 0.200. The van der Waals surface area contributed by atoms with Crippen molar-refractivity contribution in [3.05, 3.63) is 46.8 Å². The SMILES string of the molecule is Nc1cc(=O)[nH]c(SCCCSc2ccccc2)n1. The Morgan fingerprint density at radius 2 is 1.89 bits per heavy atom. The molecule has 100 valence electrons. The number of rotatable bonds is 6. The first-order valence-corrected chi connectivity index (χ1v) is 7.88. The lowest BCUT2D eigenvalue weighted by atomic mass is 10.4. The normalized spacial score (nSPS) is 10.5. The Kier molecular flexibility index (Phi) is 5.35. The summed E-state index contributed by atoms with van der Waals surface area (Å²) in [5, 5.41) is 0.592. The van der Waals surface area contributed by atoms with Crippen molar-refractivity contribution >= 4 is 29.3 Å². The van der Waals surface area contributed by atoms with E-state index in [0.29, 0.717) is 5.16 Å². The van der Waals surface area contributed by atoms with Crippen molar-refractivity contribution in [1.29, 1.82) is 0 Å². The molecule has 4 nitrogen and oxygen atoms in total. The van der Waals surface area contributed by atoms with E-state index < -0.39 is 0 Å². The van der Waals surface area contributed by atoms with Crippen LogP contribution in [0.15, 0.2) is 51.2 Å². The Hall–Kier alpha value is -1.40. The highest BCUT2D eigenvalue weighted by Gasteiger charge is 2.00. The smallest absolute Gasteiger partial charge is 0.253 e. The number of aromatic amines is 1. The maximum absolute atomic E-state index is 11.2. The number of nitrogens with zero attached hydrogens (tertiary/aromatic N) is 1. The van der Waals surface area contributed by atoms with Gasteiger partial charge in [0.25, 0.3) is 5.56 Å². The summed E-state index contributed by atoms with van der Waals surface area (Å²) in [5.41, 5.74) is 5.32. The van der Waals surface area contributed by atoms with Crippen molar-refractivity contribution in [1.82, 2.24) is 9.97 Å². The molecule has 1 aromatic heterocycles. The van der Waals surface area contributed by atoms with Crippen LogP contribution in [0.5, 0.6) is 0 Å². The average molecular weight is 293 g/mol. The van der Waals surface area contributed by atoms with E-state index in [1.807, 2.05) is 30.0 Å². The summed E-state index contributed by atoms with van der Waals surface area (Å²) in [6.45, 7) is 0. The third-order valence-corrected chi connectivity index (χ3v) is 4.34. The molecule has 2 rings (SSSR count). The molecule has 0 aliphatic carbocycles. The lowest BCUT2D eigenvalue weighted by Crippen LogP contribution is -2.09. The molecule has 0 atom stereocenters. The van der Waals surface area contributed by atoms with Gasteiger partial charge in [-0.15, -0.1) is 11.8 Å². The zero-order chi connectivity index (χ0) is 13.5. The van der Waals surface area contributed by atoms with Gasteiger partial charge in [-0.1, -0.05) is 30.0 Å². The van der Waals surface area contributed by atoms with Crippen LogP contribution < -0.4 is 11.3 Å². The van der Waals surface area contributed by atoms with Gasteiger partial charge in [-0.25, -0.2) is 4.98 Å². The molecule has 19 heavy (non-hydrogen) atoms. The molecule has 0 unspecified atom stereocenters. The van der Waals surface area contributed by atoms with E-state index >= 15 is 0 Å². The highest BCUT2D eigenvalue weighted by atomic mass is 32.2. The van der Waals surface area contributed by atoms with E-state index in [-0.39, 0.29) is 11.4 Å². The molecule has 0 aliphatic rings. The Morgan fingerprint density at radius 1 is 1.16 bits per heavy atom. The second-order valence-electron chi connectivity index (χ2n) is 3.84. The second-order valence-corrected chi connectivity index (χ2v) is 6.09. The fraction of sp³-hybridized carbons (Fsp3) is 0.231. The quantitative estimate of drug-likeness (QED) is 0.486. The third kappa shape index (κ3) is 5.00. The number of benzene rings is 1. The number of nitrogen functional groups attached to an aromatic ring is 1. The molecule has 0 spiro atoms. The van der Waals surface area contributed by atoms with Crippen molar-refractivity contribution < 1.29 is 0 Å². The monoisotopic (exact) mass is 293 g/mol. The Labute approximate surface area is 120 Å². The summed E-state index contributed by atoms with van der Waals surface area (Å²) in [5.74, 6) is 2.22. The van der Waals surface area contributed by atoms with Crippen LogP contribution in [0.25, 0.3) is 0 Å². The molecule has 0 fully saturated rings. The highest BCUT2D eigenvalue weighted by molar-refractivity contribution is 8.00. The van der Waals surface area contributed by atoms with Crippen LogP contribution in [-0.2, 0) is 0 Å². The summed E-state index contributed by atoms with van der Waals surface area (Å²) in [6.07, 6.45) is 1.04. The largest absolute Gasteiger partial charge is 0.383 e. The van der Waals surface area contributed by atoms with Crippen LogP contribution in [0.2, 0.25) is 0 Å². The molecule has 1 aromatic carbocycles. The third-order valence-electron chi connectivity index (χ3n) is 2.28. The standard InChI is InChI=1S/C13H15N3OS2/c14-11-9-12(17)16-13(15-11)19-8-4-7-18-10-5-2-1-3-6-10/h1-3,5-6,9H,4,7-8H2,(H3,14,15,16,17). The fourth-order valence-electron chi connectivity index (χ4n) is 1.46. The number of anilines is 1. The summed E-state index contributed by atoms with van der Waals surface area (Å²) >= 11 is 3.36. The first kappa shape index (κ1) is 14.0. The second kappa shape index (κ2) is 7.25. The molecule has 0 aliphatic heterocycles. The number of hydrogen-bond donors (Lipinski definition) is 2. The van der Waals surface area contributed by atoms with E-state index in [1.54, 1.807) is 0 Å². The van der Waals surface area contributed by atoms with Crippen LogP contribution in [0.1, 0.15) is 6.42 Å². The van der Waals surface area contributed by atoms with Gasteiger partial charge < -0.3 is 10.7 Å². The molecule has 2 aromatic rings. The van der Waals surface area contributed by atoms with Crippen LogP contribution in [-0.4, -0.2) is 21.5 Å². The molecular weight excluding hydrogens is 278 g/mol. The molecule has 3 N–H and O–H groups in total. The van der Waals surface area contributed by atoms with Gasteiger partial charge in [-0.3, -0.25) is 4.79 Å². The average Bonchev–Trinajstić information content (AvgIpc) is 2.38. The van der Waals surface area contributed by atoms with Crippen molar-refractivity contribution in [2.24, 2.45) is 0 Å². The summed E-state index contributed by atoms with van der Waals surface area (Å²) in [4.78, 5) is 19.2. The van der Waals surface area contributed by atoms with Crippen LogP contribution in [0.4, 0.5) is 5.82 Å². The van der Waals surface area contributed by atoms with E-state index in [2.05, 4.69) is 22.1 Å². The summed E-state index contributed by atoms with van der Waals surface area (Å²) in [7, 11) is 0. The zero-order valence-corrected chi connectivity index (χ0v) is 12.0. The Bertz CT molecular complexity index is 572. The molecule has 0 saturated heterocycles. The van der Waals surface area contributed by atoms with E-state index in [0.717, 1.165) is 17.9 Å². The minimum Gasteiger partial charge on any atom is -0.383 e. The van der Waals surface area contributed by atoms with Crippen LogP contribution in [0.3, 0.4) is 0 Å². The first-order chi connectivity index (χ1) is 9.24. The molecule has 0 radical (unpaired) electrons. The van der Waals surface area contributed by atoms with Gasteiger partial charge in [-0.05, 0) is 24.3 Å². The molecular formula is C13H15N3OS2. The maximum Gasteiger partial charge on any atom is 0.253 e. The lowest BCUT2D eigenvalue weighted by Gasteiger charge is -2.02. The maximum atomic E-state index is 11.2. The van der Waals surface area contributed by atoms with Crippen molar-refractivity contribution in [3.63, 3.8) is 0 Å². The highest BCUT2D eigenvalue weighted by Crippen LogP contribution is 2.20. The minimum atomic E-state index is -0.200. The number of aromatic nitrogens is 2. The van der Waals surface area contributed by atoms with Gasteiger partial charge in [0.1, 0.15) is 5.82 Å². The van der Waals surface area contributed by atoms with Crippen molar-refractivity contribution in [2.45, 2.75) is 16.5 Å². The van der Waals surface area contributed by atoms with Gasteiger partial charge >= 0.3 is 0 Å². The zero-order valence-electron chi connectivity index (χ0n) is 10.3. The Morgan fingerprint density at radius 3 is 2.63 bits per heavy atom. The van der Waals surface area contributed by atoms with Crippen LogP contribution >= 0.6 is 23.5 Å². The number of nitrogens with one attached hydrogen (secondary N) is 1. The first-order valence-electron chi connectivity index (χ1n) is 5.91. The number of hydrogen-bond acceptors (Lipinski definition) is 5. The molecule has 1 heterocycles. The van der Waals surface area contributed by atoms with Gasteiger partial charge in [0.2, 0.25) is 0 Å². The van der Waals surface area contributed by atoms with E-state index in [1.165, 1.54) is 22.7 Å². The lowest BCUT2D eigenvalue weighted by molar-refractivity contribution is 0.942. The Balaban J connectivity index is 1.71. The number of H-pyrrole nitrogens is 1. The van der Waals surface area contributed by atoms with E-state index in [9.17, 15) is 4.79 Å². The number of thioether (sulfide) groups is 2.